The number of carboxylic acid groups (broad SMARTS) is 1. The van der Waals surface area contributed by atoms with Crippen molar-refractivity contribution in [1.29, 1.82) is 0 Å². The second-order valence-corrected chi connectivity index (χ2v) is 18.1. The third kappa shape index (κ3) is 26.1. The van der Waals surface area contributed by atoms with Crippen molar-refractivity contribution < 1.29 is 61.1 Å². The van der Waals surface area contributed by atoms with Crippen LogP contribution in [0.3, 0.4) is 0 Å². The SMILES string of the molecule is CC(C)(C)OC(=O)CCCCCCCCCCCOc1ccc(CCc2ccc(S(=O)(=O)Nc3cnc(C(=O)NCCOCCOCC(=O)NCCOCCOCC(=O)O)nc3)cc2)cc1. The molecule has 0 aliphatic heterocycles. The number of sulfonamides is 1. The zero-order valence-corrected chi connectivity index (χ0v) is 39.5. The predicted octanol–water partition coefficient (Wildman–Crippen LogP) is 5.68. The fraction of sp³-hybridized carbons (Fsp3) is 0.574. The van der Waals surface area contributed by atoms with Crippen molar-refractivity contribution in [3.05, 3.63) is 77.9 Å². The van der Waals surface area contributed by atoms with Gasteiger partial charge in [0.1, 0.15) is 24.6 Å². The van der Waals surface area contributed by atoms with Crippen molar-refractivity contribution in [3.63, 3.8) is 0 Å². The Morgan fingerprint density at radius 3 is 1.71 bits per heavy atom. The van der Waals surface area contributed by atoms with Crippen molar-refractivity contribution in [2.24, 2.45) is 0 Å². The molecule has 0 radical (unpaired) electrons. The highest BCUT2D eigenvalue weighted by Gasteiger charge is 2.17. The number of ether oxygens (including phenoxy) is 6. The Hall–Kier alpha value is -5.21. The van der Waals surface area contributed by atoms with E-state index < -0.39 is 34.1 Å². The zero-order valence-electron chi connectivity index (χ0n) is 38.7. The van der Waals surface area contributed by atoms with Crippen LogP contribution < -0.4 is 20.1 Å². The number of unbranched alkanes of at least 4 members (excludes halogenated alkanes) is 8. The van der Waals surface area contributed by atoms with Crippen LogP contribution in [0.2, 0.25) is 0 Å². The van der Waals surface area contributed by atoms with Gasteiger partial charge in [-0.05, 0) is 81.8 Å². The van der Waals surface area contributed by atoms with Crippen molar-refractivity contribution in [1.82, 2.24) is 20.6 Å². The van der Waals surface area contributed by atoms with Crippen LogP contribution in [0.5, 0.6) is 5.75 Å². The normalized spacial score (nSPS) is 11.5. The zero-order chi connectivity index (χ0) is 47.9. The first-order chi connectivity index (χ1) is 31.7. The molecule has 0 unspecified atom stereocenters. The van der Waals surface area contributed by atoms with Crippen molar-refractivity contribution >= 4 is 39.5 Å². The number of rotatable bonds is 36. The van der Waals surface area contributed by atoms with Gasteiger partial charge in [0.25, 0.3) is 15.9 Å². The molecule has 0 aliphatic carbocycles. The Labute approximate surface area is 389 Å². The predicted molar refractivity (Wildman–Crippen MR) is 247 cm³/mol. The van der Waals surface area contributed by atoms with E-state index in [1.54, 1.807) is 24.3 Å². The summed E-state index contributed by atoms with van der Waals surface area (Å²) in [6, 6.07) is 14.8. The Kier molecular flexibility index (Phi) is 26.4. The molecule has 3 rings (SSSR count). The number of carbonyl (C=O) groups excluding carboxylic acids is 3. The third-order valence-electron chi connectivity index (χ3n) is 9.48. The van der Waals surface area contributed by atoms with Gasteiger partial charge >= 0.3 is 11.9 Å². The summed E-state index contributed by atoms with van der Waals surface area (Å²) in [5.74, 6) is -1.36. The molecule has 0 fully saturated rings. The van der Waals surface area contributed by atoms with Crippen LogP contribution in [0.4, 0.5) is 5.69 Å². The fourth-order valence-corrected chi connectivity index (χ4v) is 7.20. The van der Waals surface area contributed by atoms with Gasteiger partial charge in [-0.1, -0.05) is 69.2 Å². The van der Waals surface area contributed by atoms with Gasteiger partial charge < -0.3 is 44.2 Å². The maximum Gasteiger partial charge on any atom is 0.329 e. The minimum atomic E-state index is -3.93. The summed E-state index contributed by atoms with van der Waals surface area (Å²) in [6.07, 6.45) is 14.6. The first-order valence-corrected chi connectivity index (χ1v) is 24.1. The lowest BCUT2D eigenvalue weighted by atomic mass is 10.0. The molecule has 0 bridgehead atoms. The molecule has 0 saturated heterocycles. The lowest BCUT2D eigenvalue weighted by Crippen LogP contribution is -2.31. The number of esters is 1. The van der Waals surface area contributed by atoms with E-state index in [-0.39, 0.29) is 87.6 Å². The van der Waals surface area contributed by atoms with Gasteiger partial charge in [0.05, 0.1) is 69.2 Å². The summed E-state index contributed by atoms with van der Waals surface area (Å²) in [7, 11) is -3.93. The van der Waals surface area contributed by atoms with Gasteiger partial charge in [-0.15, -0.1) is 0 Å². The van der Waals surface area contributed by atoms with Gasteiger partial charge in [0, 0.05) is 19.5 Å². The summed E-state index contributed by atoms with van der Waals surface area (Å²) in [5.41, 5.74) is 1.83. The Morgan fingerprint density at radius 1 is 0.621 bits per heavy atom. The molecule has 0 saturated carbocycles. The van der Waals surface area contributed by atoms with Gasteiger partial charge in [0.2, 0.25) is 11.7 Å². The maximum atomic E-state index is 13.1. The number of anilines is 1. The minimum Gasteiger partial charge on any atom is -0.494 e. The van der Waals surface area contributed by atoms with Crippen molar-refractivity contribution in [2.75, 3.05) is 77.3 Å². The van der Waals surface area contributed by atoms with Crippen molar-refractivity contribution in [2.45, 2.75) is 108 Å². The van der Waals surface area contributed by atoms with Crippen LogP contribution in [-0.4, -0.2) is 125 Å². The second-order valence-electron chi connectivity index (χ2n) is 16.4. The molecular formula is C47H69N5O13S. The van der Waals surface area contributed by atoms with E-state index in [0.29, 0.717) is 13.0 Å². The highest BCUT2D eigenvalue weighted by Crippen LogP contribution is 2.19. The standard InChI is InChI=1S/C47H69N5O13S/c1-47(2,3)65-44(56)13-11-9-7-5-4-6-8-10-12-26-64-40-20-16-37(17-21-40)14-15-38-18-22-41(23-19-38)66(58,59)52-39-33-50-45(51-34-39)46(57)49-25-28-61-29-31-62-35-42(53)48-24-27-60-30-32-63-36-43(54)55/h16-23,33-34,52H,4-15,24-32,35-36H2,1-3H3,(H,48,53)(H,49,57)(H,54,55). The minimum absolute atomic E-state index is 0.0769. The molecule has 0 atom stereocenters. The molecule has 19 heteroatoms. The molecule has 66 heavy (non-hydrogen) atoms. The molecule has 0 aliphatic rings. The highest BCUT2D eigenvalue weighted by atomic mass is 32.2. The third-order valence-corrected chi connectivity index (χ3v) is 10.9. The molecule has 3 aromatic rings. The highest BCUT2D eigenvalue weighted by molar-refractivity contribution is 7.92. The number of carbonyl (C=O) groups is 4. The number of nitrogens with one attached hydrogen (secondary N) is 3. The Bertz CT molecular complexity index is 1960. The number of benzene rings is 2. The fourth-order valence-electron chi connectivity index (χ4n) is 6.17. The number of aryl methyl sites for hydroxylation is 2. The van der Waals surface area contributed by atoms with Crippen molar-refractivity contribution in [3.8, 4) is 5.75 Å². The van der Waals surface area contributed by atoms with Crippen LogP contribution >= 0.6 is 0 Å². The summed E-state index contributed by atoms with van der Waals surface area (Å²) in [4.78, 5) is 54.4. The quantitative estimate of drug-likeness (QED) is 0.0405. The van der Waals surface area contributed by atoms with E-state index >= 15 is 0 Å². The van der Waals surface area contributed by atoms with Gasteiger partial charge in [-0.2, -0.15) is 0 Å². The lowest BCUT2D eigenvalue weighted by Gasteiger charge is -2.19. The average Bonchev–Trinajstić information content (AvgIpc) is 3.27. The largest absolute Gasteiger partial charge is 0.494 e. The number of carboxylic acids is 1. The number of hydrogen-bond donors (Lipinski definition) is 4. The first kappa shape index (κ1) is 55.1. The molecule has 2 aromatic carbocycles. The van der Waals surface area contributed by atoms with Crippen LogP contribution in [0.25, 0.3) is 0 Å². The van der Waals surface area contributed by atoms with Crippen LogP contribution in [0.15, 0.2) is 65.8 Å². The second kappa shape index (κ2) is 31.7. The van der Waals surface area contributed by atoms with E-state index in [2.05, 4.69) is 37.5 Å². The van der Waals surface area contributed by atoms with Crippen LogP contribution in [0.1, 0.15) is 107 Å². The molecule has 0 spiro atoms. The Morgan fingerprint density at radius 2 is 1.14 bits per heavy atom. The molecule has 4 N–H and O–H groups in total. The number of aliphatic carboxylic acids is 1. The summed E-state index contributed by atoms with van der Waals surface area (Å²) >= 11 is 0. The summed E-state index contributed by atoms with van der Waals surface area (Å²) in [5, 5.41) is 13.7. The number of amides is 2. The maximum absolute atomic E-state index is 13.1. The topological polar surface area (TPSA) is 240 Å². The Balaban J connectivity index is 1.20. The van der Waals surface area contributed by atoms with Gasteiger partial charge in [-0.25, -0.2) is 23.2 Å². The molecule has 366 valence electrons. The van der Waals surface area contributed by atoms with E-state index in [4.69, 9.17) is 33.5 Å². The van der Waals surface area contributed by atoms with E-state index in [9.17, 15) is 27.6 Å². The van der Waals surface area contributed by atoms with E-state index in [0.717, 1.165) is 61.8 Å². The molecular weight excluding hydrogens is 875 g/mol. The average molecular weight is 944 g/mol. The van der Waals surface area contributed by atoms with Gasteiger partial charge in [-0.3, -0.25) is 19.1 Å². The first-order valence-electron chi connectivity index (χ1n) is 22.7. The number of nitrogens with zero attached hydrogens (tertiary/aromatic N) is 2. The monoisotopic (exact) mass is 943 g/mol. The molecule has 1 heterocycles. The molecule has 1 aromatic heterocycles. The summed E-state index contributed by atoms with van der Waals surface area (Å²) in [6.45, 7) is 7.33. The lowest BCUT2D eigenvalue weighted by molar-refractivity contribution is -0.155. The smallest absolute Gasteiger partial charge is 0.329 e. The van der Waals surface area contributed by atoms with Crippen LogP contribution in [0, 0.1) is 0 Å². The molecule has 18 nitrogen and oxygen atoms in total. The van der Waals surface area contributed by atoms with E-state index in [1.807, 2.05) is 32.9 Å². The number of aromatic nitrogens is 2. The van der Waals surface area contributed by atoms with E-state index in [1.165, 1.54) is 38.1 Å². The summed E-state index contributed by atoms with van der Waals surface area (Å²) < 4.78 is 60.5. The molecule has 2 amide bonds. The van der Waals surface area contributed by atoms with Gasteiger partial charge in [0.15, 0.2) is 0 Å². The number of hydrogen-bond acceptors (Lipinski definition) is 14. The van der Waals surface area contributed by atoms with Crippen LogP contribution in [-0.2, 0) is 60.9 Å².